The van der Waals surface area contributed by atoms with Gasteiger partial charge in [-0.25, -0.2) is 0 Å². The highest BCUT2D eigenvalue weighted by molar-refractivity contribution is 5.81. The predicted molar refractivity (Wildman–Crippen MR) is 87.3 cm³/mol. The van der Waals surface area contributed by atoms with Crippen molar-refractivity contribution >= 4 is 5.97 Å². The van der Waals surface area contributed by atoms with E-state index in [1.165, 1.54) is 38.5 Å². The lowest BCUT2D eigenvalue weighted by atomic mass is 9.43. The van der Waals surface area contributed by atoms with Gasteiger partial charge in [0.25, 0.3) is 0 Å². The van der Waals surface area contributed by atoms with Gasteiger partial charge in [0.05, 0.1) is 5.41 Å². The van der Waals surface area contributed by atoms with E-state index in [-0.39, 0.29) is 22.4 Å². The standard InChI is InChI=1S/C20H32O2/c1-13(2)14-8-11-19(4)15(12-14)6-7-16-18(3)9-5-10-20(16,19)22-17(18)21/h13-16H,5-12H2,1-4H3/t14-,15+,16-,18-,19+,20-/m0/s1. The zero-order valence-corrected chi connectivity index (χ0v) is 14.8. The summed E-state index contributed by atoms with van der Waals surface area (Å²) in [6.45, 7) is 9.43. The van der Waals surface area contributed by atoms with Crippen LogP contribution in [0.15, 0.2) is 0 Å². The molecule has 22 heavy (non-hydrogen) atoms. The van der Waals surface area contributed by atoms with Gasteiger partial charge in [0.2, 0.25) is 0 Å². The van der Waals surface area contributed by atoms with Crippen molar-refractivity contribution in [1.29, 1.82) is 0 Å². The van der Waals surface area contributed by atoms with Gasteiger partial charge >= 0.3 is 5.97 Å². The van der Waals surface area contributed by atoms with Crippen LogP contribution in [0.25, 0.3) is 0 Å². The second-order valence-corrected chi connectivity index (χ2v) is 9.57. The third-order valence-electron chi connectivity index (χ3n) is 8.55. The van der Waals surface area contributed by atoms with E-state index < -0.39 is 0 Å². The van der Waals surface area contributed by atoms with Gasteiger partial charge in [-0.1, -0.05) is 20.8 Å². The Balaban J connectivity index is 1.72. The van der Waals surface area contributed by atoms with Crippen LogP contribution in [0.4, 0.5) is 0 Å². The number of fused-ring (bicyclic) bond motifs is 1. The number of hydrogen-bond donors (Lipinski definition) is 0. The number of esters is 1. The molecular formula is C20H32O2. The third-order valence-corrected chi connectivity index (χ3v) is 8.55. The van der Waals surface area contributed by atoms with E-state index in [9.17, 15) is 4.79 Å². The summed E-state index contributed by atoms with van der Waals surface area (Å²) in [6, 6.07) is 0. The zero-order chi connectivity index (χ0) is 15.8. The molecule has 1 aliphatic heterocycles. The number of carbonyl (C=O) groups is 1. The van der Waals surface area contributed by atoms with Crippen molar-refractivity contribution in [3.05, 3.63) is 0 Å². The Morgan fingerprint density at radius 1 is 1.09 bits per heavy atom. The predicted octanol–water partition coefficient (Wildman–Crippen LogP) is 4.96. The van der Waals surface area contributed by atoms with Crippen molar-refractivity contribution in [2.45, 2.75) is 84.7 Å². The summed E-state index contributed by atoms with van der Waals surface area (Å²) in [6.07, 6.45) is 9.83. The molecular weight excluding hydrogens is 272 g/mol. The Hall–Kier alpha value is -0.530. The molecule has 0 radical (unpaired) electrons. The van der Waals surface area contributed by atoms with Crippen LogP contribution in [0.1, 0.15) is 79.1 Å². The summed E-state index contributed by atoms with van der Waals surface area (Å²) in [5.74, 6) is 3.04. The van der Waals surface area contributed by atoms with Gasteiger partial charge in [-0.3, -0.25) is 4.79 Å². The monoisotopic (exact) mass is 304 g/mol. The Morgan fingerprint density at radius 3 is 2.59 bits per heavy atom. The summed E-state index contributed by atoms with van der Waals surface area (Å²) >= 11 is 0. The molecule has 0 aromatic heterocycles. The fourth-order valence-corrected chi connectivity index (χ4v) is 6.98. The van der Waals surface area contributed by atoms with E-state index in [0.717, 1.165) is 30.6 Å². The van der Waals surface area contributed by atoms with Crippen LogP contribution >= 0.6 is 0 Å². The van der Waals surface area contributed by atoms with E-state index in [4.69, 9.17) is 4.74 Å². The summed E-state index contributed by atoms with van der Waals surface area (Å²) in [7, 11) is 0. The van der Waals surface area contributed by atoms with Gasteiger partial charge in [-0.15, -0.1) is 0 Å². The Labute approximate surface area is 135 Å². The molecule has 2 bridgehead atoms. The van der Waals surface area contributed by atoms with Gasteiger partial charge < -0.3 is 4.74 Å². The smallest absolute Gasteiger partial charge is 0.312 e. The van der Waals surface area contributed by atoms with Crippen LogP contribution in [0, 0.1) is 34.5 Å². The highest BCUT2D eigenvalue weighted by Crippen LogP contribution is 2.70. The molecule has 4 aliphatic rings. The minimum absolute atomic E-state index is 0.123. The molecule has 2 heteroatoms. The maximum atomic E-state index is 12.7. The first-order valence-corrected chi connectivity index (χ1v) is 9.57. The first kappa shape index (κ1) is 15.0. The van der Waals surface area contributed by atoms with Crippen LogP contribution in [0.5, 0.6) is 0 Å². The molecule has 124 valence electrons. The first-order chi connectivity index (χ1) is 10.3. The first-order valence-electron chi connectivity index (χ1n) is 9.57. The van der Waals surface area contributed by atoms with Crippen LogP contribution in [0.3, 0.4) is 0 Å². The minimum atomic E-state index is -0.179. The quantitative estimate of drug-likeness (QED) is 0.640. The summed E-state index contributed by atoms with van der Waals surface area (Å²) in [5, 5.41) is 0. The minimum Gasteiger partial charge on any atom is -0.458 e. The second kappa shape index (κ2) is 4.51. The highest BCUT2D eigenvalue weighted by atomic mass is 16.6. The lowest BCUT2D eigenvalue weighted by Crippen LogP contribution is -2.62. The van der Waals surface area contributed by atoms with Gasteiger partial charge in [-0.2, -0.15) is 0 Å². The molecule has 4 rings (SSSR count). The molecule has 2 nitrogen and oxygen atoms in total. The fraction of sp³-hybridized carbons (Fsp3) is 0.950. The van der Waals surface area contributed by atoms with Gasteiger partial charge in [-0.05, 0) is 76.0 Å². The van der Waals surface area contributed by atoms with Crippen molar-refractivity contribution in [3.8, 4) is 0 Å². The number of ether oxygens (including phenoxy) is 1. The number of hydrogen-bond acceptors (Lipinski definition) is 2. The van der Waals surface area contributed by atoms with Crippen molar-refractivity contribution in [2.24, 2.45) is 34.5 Å². The van der Waals surface area contributed by atoms with E-state index in [1.807, 2.05) is 0 Å². The molecule has 0 unspecified atom stereocenters. The Bertz CT molecular complexity index is 498. The van der Waals surface area contributed by atoms with Crippen molar-refractivity contribution < 1.29 is 9.53 Å². The van der Waals surface area contributed by atoms with Gasteiger partial charge in [0, 0.05) is 11.3 Å². The summed E-state index contributed by atoms with van der Waals surface area (Å²) < 4.78 is 6.31. The van der Waals surface area contributed by atoms with Gasteiger partial charge in [0.15, 0.2) is 0 Å². The molecule has 0 aromatic carbocycles. The molecule has 0 N–H and O–H groups in total. The van der Waals surface area contributed by atoms with Crippen molar-refractivity contribution in [2.75, 3.05) is 0 Å². The maximum absolute atomic E-state index is 12.7. The summed E-state index contributed by atoms with van der Waals surface area (Å²) in [4.78, 5) is 12.7. The third kappa shape index (κ3) is 1.60. The number of rotatable bonds is 1. The summed E-state index contributed by atoms with van der Waals surface area (Å²) in [5.41, 5.74) is -0.0712. The molecule has 0 amide bonds. The normalized spacial score (nSPS) is 53.9. The molecule has 6 atom stereocenters. The van der Waals surface area contributed by atoms with Crippen LogP contribution in [-0.4, -0.2) is 11.6 Å². The molecule has 1 saturated heterocycles. The average Bonchev–Trinajstić information content (AvgIpc) is 2.59. The average molecular weight is 304 g/mol. The van der Waals surface area contributed by atoms with Crippen LogP contribution in [0.2, 0.25) is 0 Å². The molecule has 3 saturated carbocycles. The van der Waals surface area contributed by atoms with Crippen LogP contribution < -0.4 is 0 Å². The van der Waals surface area contributed by atoms with E-state index in [2.05, 4.69) is 27.7 Å². The van der Waals surface area contributed by atoms with E-state index in [0.29, 0.717) is 5.92 Å². The molecule has 0 spiro atoms. The van der Waals surface area contributed by atoms with Crippen molar-refractivity contribution in [1.82, 2.24) is 0 Å². The lowest BCUT2D eigenvalue weighted by Gasteiger charge is -2.61. The fourth-order valence-electron chi connectivity index (χ4n) is 6.98. The van der Waals surface area contributed by atoms with Crippen LogP contribution in [-0.2, 0) is 9.53 Å². The SMILES string of the molecule is CC(C)[C@H]1CC[C@]2(C)[C@H](CC[C@@H]3[C@@]24CCC[C@]3(C)C(=O)O4)C1. The Kier molecular flexibility index (Phi) is 3.08. The second-order valence-electron chi connectivity index (χ2n) is 9.57. The molecule has 4 fully saturated rings. The topological polar surface area (TPSA) is 26.3 Å². The van der Waals surface area contributed by atoms with E-state index in [1.54, 1.807) is 0 Å². The van der Waals surface area contributed by atoms with E-state index >= 15 is 0 Å². The van der Waals surface area contributed by atoms with Crippen molar-refractivity contribution in [3.63, 3.8) is 0 Å². The largest absolute Gasteiger partial charge is 0.458 e. The maximum Gasteiger partial charge on any atom is 0.312 e. The molecule has 1 heterocycles. The molecule has 3 aliphatic carbocycles. The highest BCUT2D eigenvalue weighted by Gasteiger charge is 2.73. The zero-order valence-electron chi connectivity index (χ0n) is 14.8. The Morgan fingerprint density at radius 2 is 1.86 bits per heavy atom. The molecule has 0 aromatic rings. The lowest BCUT2D eigenvalue weighted by molar-refractivity contribution is -0.201. The van der Waals surface area contributed by atoms with Gasteiger partial charge in [0.1, 0.15) is 5.60 Å². The number of carbonyl (C=O) groups excluding carboxylic acids is 1.